The summed E-state index contributed by atoms with van der Waals surface area (Å²) < 4.78 is 15.9. The van der Waals surface area contributed by atoms with Gasteiger partial charge in [-0.05, 0) is 31.2 Å². The van der Waals surface area contributed by atoms with Gasteiger partial charge < -0.3 is 24.0 Å². The second-order valence-corrected chi connectivity index (χ2v) is 6.82. The van der Waals surface area contributed by atoms with E-state index in [-0.39, 0.29) is 12.5 Å². The first kappa shape index (κ1) is 20.5. The topological polar surface area (TPSA) is 68.3 Å². The van der Waals surface area contributed by atoms with Crippen LogP contribution in [0.15, 0.2) is 42.5 Å². The minimum atomic E-state index is -0.563. The Morgan fingerprint density at radius 3 is 2.31 bits per heavy atom. The van der Waals surface area contributed by atoms with Gasteiger partial charge in [-0.3, -0.25) is 4.79 Å². The van der Waals surface area contributed by atoms with Crippen molar-refractivity contribution < 1.29 is 23.8 Å². The van der Waals surface area contributed by atoms with Crippen molar-refractivity contribution in [3.8, 4) is 11.5 Å². The molecule has 1 saturated heterocycles. The van der Waals surface area contributed by atoms with Crippen LogP contribution in [-0.2, 0) is 9.53 Å². The molecule has 1 amide bonds. The lowest BCUT2D eigenvalue weighted by atomic mass is 10.1. The van der Waals surface area contributed by atoms with Crippen LogP contribution in [0.1, 0.15) is 15.9 Å². The van der Waals surface area contributed by atoms with Gasteiger partial charge in [-0.1, -0.05) is 23.8 Å². The number of carbonyl (C=O) groups is 2. The molecule has 0 saturated carbocycles. The van der Waals surface area contributed by atoms with Crippen LogP contribution < -0.4 is 14.4 Å². The number of ether oxygens (including phenoxy) is 3. The molecule has 1 fully saturated rings. The van der Waals surface area contributed by atoms with Gasteiger partial charge in [-0.15, -0.1) is 0 Å². The summed E-state index contributed by atoms with van der Waals surface area (Å²) in [7, 11) is 3.14. The Kier molecular flexibility index (Phi) is 6.59. The maximum Gasteiger partial charge on any atom is 0.342 e. The Hall–Kier alpha value is -3.22. The highest BCUT2D eigenvalue weighted by molar-refractivity contribution is 5.94. The molecule has 0 N–H and O–H groups in total. The predicted molar refractivity (Wildman–Crippen MR) is 110 cm³/mol. The van der Waals surface area contributed by atoms with E-state index >= 15 is 0 Å². The molecule has 2 aromatic carbocycles. The molecule has 3 rings (SSSR count). The lowest BCUT2D eigenvalue weighted by Crippen LogP contribution is -2.50. The van der Waals surface area contributed by atoms with Crippen LogP contribution >= 0.6 is 0 Å². The summed E-state index contributed by atoms with van der Waals surface area (Å²) in [6.45, 7) is 4.08. The van der Waals surface area contributed by atoms with E-state index in [2.05, 4.69) is 4.90 Å². The second-order valence-electron chi connectivity index (χ2n) is 6.82. The maximum atomic E-state index is 12.5. The second kappa shape index (κ2) is 9.32. The molecule has 0 aliphatic carbocycles. The predicted octanol–water partition coefficient (Wildman–Crippen LogP) is 2.52. The summed E-state index contributed by atoms with van der Waals surface area (Å²) in [4.78, 5) is 28.8. The molecule has 7 heteroatoms. The molecule has 0 spiro atoms. The minimum absolute atomic E-state index is 0.204. The number of anilines is 1. The maximum absolute atomic E-state index is 12.5. The van der Waals surface area contributed by atoms with Gasteiger partial charge in [-0.2, -0.15) is 0 Å². The molecule has 0 radical (unpaired) electrons. The van der Waals surface area contributed by atoms with Gasteiger partial charge in [0.2, 0.25) is 0 Å². The highest BCUT2D eigenvalue weighted by Gasteiger charge is 2.24. The van der Waals surface area contributed by atoms with Crippen LogP contribution in [-0.4, -0.2) is 63.8 Å². The lowest BCUT2D eigenvalue weighted by Gasteiger charge is -2.36. The highest BCUT2D eigenvalue weighted by atomic mass is 16.5. The Bertz CT molecular complexity index is 875. The summed E-state index contributed by atoms with van der Waals surface area (Å²) in [5.74, 6) is 0.475. The zero-order valence-electron chi connectivity index (χ0n) is 17.0. The van der Waals surface area contributed by atoms with E-state index in [1.54, 1.807) is 24.1 Å². The van der Waals surface area contributed by atoms with Crippen molar-refractivity contribution >= 4 is 17.6 Å². The first-order chi connectivity index (χ1) is 14.0. The highest BCUT2D eigenvalue weighted by Crippen LogP contribution is 2.28. The van der Waals surface area contributed by atoms with E-state index < -0.39 is 5.97 Å². The number of para-hydroxylation sites is 2. The fraction of sp³-hybridized carbons (Fsp3) is 0.364. The molecule has 0 atom stereocenters. The molecule has 0 bridgehead atoms. The summed E-state index contributed by atoms with van der Waals surface area (Å²) in [5.41, 5.74) is 2.25. The number of amides is 1. The fourth-order valence-electron chi connectivity index (χ4n) is 3.37. The quantitative estimate of drug-likeness (QED) is 0.697. The SMILES string of the molecule is COc1ccc(C)cc1C(=O)OCC(=O)N1CCN(c2ccccc2OC)CC1. The zero-order chi connectivity index (χ0) is 20.8. The molecule has 1 aliphatic rings. The summed E-state index contributed by atoms with van der Waals surface area (Å²) in [6, 6.07) is 13.1. The molecule has 1 heterocycles. The van der Waals surface area contributed by atoms with E-state index in [0.717, 1.165) is 17.0 Å². The largest absolute Gasteiger partial charge is 0.496 e. The van der Waals surface area contributed by atoms with Crippen molar-refractivity contribution in [1.82, 2.24) is 4.90 Å². The van der Waals surface area contributed by atoms with Crippen LogP contribution in [0.4, 0.5) is 5.69 Å². The standard InChI is InChI=1S/C22H26N2O5/c1-16-8-9-19(27-2)17(14-16)22(26)29-15-21(25)24-12-10-23(11-13-24)18-6-4-5-7-20(18)28-3/h4-9,14H,10-13,15H2,1-3H3. The van der Waals surface area contributed by atoms with Crippen LogP contribution in [0.5, 0.6) is 11.5 Å². The van der Waals surface area contributed by atoms with E-state index in [4.69, 9.17) is 14.2 Å². The Morgan fingerprint density at radius 1 is 0.931 bits per heavy atom. The van der Waals surface area contributed by atoms with Gasteiger partial charge in [-0.25, -0.2) is 4.79 Å². The first-order valence-electron chi connectivity index (χ1n) is 9.51. The molecule has 0 aromatic heterocycles. The van der Waals surface area contributed by atoms with E-state index in [1.807, 2.05) is 37.3 Å². The van der Waals surface area contributed by atoms with Crippen LogP contribution in [0.2, 0.25) is 0 Å². The normalized spacial score (nSPS) is 13.8. The van der Waals surface area contributed by atoms with Crippen molar-refractivity contribution in [3.63, 3.8) is 0 Å². The third-order valence-electron chi connectivity index (χ3n) is 4.96. The number of piperazine rings is 1. The third kappa shape index (κ3) is 4.80. The van der Waals surface area contributed by atoms with E-state index in [1.165, 1.54) is 7.11 Å². The van der Waals surface area contributed by atoms with Crippen molar-refractivity contribution in [2.45, 2.75) is 6.92 Å². The third-order valence-corrected chi connectivity index (χ3v) is 4.96. The number of rotatable bonds is 6. The lowest BCUT2D eigenvalue weighted by molar-refractivity contribution is -0.134. The summed E-state index contributed by atoms with van der Waals surface area (Å²) >= 11 is 0. The molecular formula is C22H26N2O5. The molecule has 1 aliphatic heterocycles. The van der Waals surface area contributed by atoms with Crippen molar-refractivity contribution in [1.29, 1.82) is 0 Å². The van der Waals surface area contributed by atoms with E-state index in [0.29, 0.717) is 37.5 Å². The van der Waals surface area contributed by atoms with Gasteiger partial charge in [0.15, 0.2) is 6.61 Å². The number of benzene rings is 2. The van der Waals surface area contributed by atoms with E-state index in [9.17, 15) is 9.59 Å². The number of methoxy groups -OCH3 is 2. The Morgan fingerprint density at radius 2 is 1.62 bits per heavy atom. The molecule has 154 valence electrons. The van der Waals surface area contributed by atoms with Crippen molar-refractivity contribution in [2.75, 3.05) is 51.9 Å². The monoisotopic (exact) mass is 398 g/mol. The molecule has 2 aromatic rings. The van der Waals surface area contributed by atoms with Gasteiger partial charge >= 0.3 is 5.97 Å². The zero-order valence-corrected chi connectivity index (χ0v) is 17.0. The number of nitrogens with zero attached hydrogens (tertiary/aromatic N) is 2. The van der Waals surface area contributed by atoms with Gasteiger partial charge in [0.25, 0.3) is 5.91 Å². The molecule has 7 nitrogen and oxygen atoms in total. The molecular weight excluding hydrogens is 372 g/mol. The van der Waals surface area contributed by atoms with Crippen LogP contribution in [0.25, 0.3) is 0 Å². The van der Waals surface area contributed by atoms with Crippen molar-refractivity contribution in [2.24, 2.45) is 0 Å². The fourth-order valence-corrected chi connectivity index (χ4v) is 3.37. The average molecular weight is 398 g/mol. The number of esters is 1. The first-order valence-corrected chi connectivity index (χ1v) is 9.51. The summed E-state index contributed by atoms with van der Waals surface area (Å²) in [6.07, 6.45) is 0. The van der Waals surface area contributed by atoms with Gasteiger partial charge in [0, 0.05) is 26.2 Å². The van der Waals surface area contributed by atoms with Crippen LogP contribution in [0.3, 0.4) is 0 Å². The van der Waals surface area contributed by atoms with Crippen LogP contribution in [0, 0.1) is 6.92 Å². The Balaban J connectivity index is 1.54. The molecule has 0 unspecified atom stereocenters. The van der Waals surface area contributed by atoms with Gasteiger partial charge in [0.05, 0.1) is 19.9 Å². The smallest absolute Gasteiger partial charge is 0.342 e. The minimum Gasteiger partial charge on any atom is -0.496 e. The number of hydrogen-bond acceptors (Lipinski definition) is 6. The summed E-state index contributed by atoms with van der Waals surface area (Å²) in [5, 5.41) is 0. The van der Waals surface area contributed by atoms with Gasteiger partial charge in [0.1, 0.15) is 17.1 Å². The number of aryl methyl sites for hydroxylation is 1. The number of hydrogen-bond donors (Lipinski definition) is 0. The average Bonchev–Trinajstić information content (AvgIpc) is 2.77. The Labute approximate surface area is 170 Å². The molecule has 29 heavy (non-hydrogen) atoms. The number of carbonyl (C=O) groups excluding carboxylic acids is 2. The van der Waals surface area contributed by atoms with Crippen molar-refractivity contribution in [3.05, 3.63) is 53.6 Å².